The van der Waals surface area contributed by atoms with Crippen LogP contribution < -0.4 is 11.1 Å². The Bertz CT molecular complexity index is 786. The van der Waals surface area contributed by atoms with Gasteiger partial charge in [0.1, 0.15) is 5.69 Å². The topological polar surface area (TPSA) is 91.6 Å². The molecule has 0 unspecified atom stereocenters. The van der Waals surface area contributed by atoms with Gasteiger partial charge >= 0.3 is 6.03 Å². The van der Waals surface area contributed by atoms with Crippen LogP contribution in [0.2, 0.25) is 0 Å². The van der Waals surface area contributed by atoms with Crippen LogP contribution in [-0.2, 0) is 13.0 Å². The van der Waals surface area contributed by atoms with Crippen molar-refractivity contribution in [2.45, 2.75) is 32.9 Å². The summed E-state index contributed by atoms with van der Waals surface area (Å²) >= 11 is 1.48. The quantitative estimate of drug-likeness (QED) is 0.628. The van der Waals surface area contributed by atoms with Crippen molar-refractivity contribution in [1.82, 2.24) is 20.1 Å². The molecular formula is C20H29N5O2S. The predicted molar refractivity (Wildman–Crippen MR) is 114 cm³/mol. The Morgan fingerprint density at radius 1 is 1.21 bits per heavy atom. The van der Waals surface area contributed by atoms with Gasteiger partial charge in [0.05, 0.1) is 0 Å². The van der Waals surface area contributed by atoms with Crippen LogP contribution in [0.3, 0.4) is 0 Å². The number of Topliss-reactive ketones (excluding diaryl/α,β-unsaturated/α-hetero) is 1. The number of rotatable bonds is 9. The Hall–Kier alpha value is -2.45. The number of ketones is 1. The molecule has 0 aromatic carbocycles. The van der Waals surface area contributed by atoms with Gasteiger partial charge in [0.15, 0.2) is 5.78 Å². The number of nitrogen functional groups attached to an aromatic ring is 1. The summed E-state index contributed by atoms with van der Waals surface area (Å²) in [6.45, 7) is 5.67. The van der Waals surface area contributed by atoms with E-state index in [4.69, 9.17) is 5.73 Å². The number of nitrogens with zero attached hydrogens (tertiary/aromatic N) is 3. The van der Waals surface area contributed by atoms with Crippen LogP contribution in [0.4, 0.5) is 10.5 Å². The first-order chi connectivity index (χ1) is 13.3. The molecule has 0 fully saturated rings. The largest absolute Gasteiger partial charge is 0.398 e. The average molecular weight is 404 g/mol. The highest BCUT2D eigenvalue weighted by atomic mass is 32.1. The average Bonchev–Trinajstić information content (AvgIpc) is 3.03. The molecule has 0 radical (unpaired) electrons. The van der Waals surface area contributed by atoms with Crippen molar-refractivity contribution in [1.29, 1.82) is 0 Å². The highest BCUT2D eigenvalue weighted by Crippen LogP contribution is 2.19. The monoisotopic (exact) mass is 403 g/mol. The molecule has 0 aliphatic rings. The molecule has 2 aromatic rings. The first-order valence-corrected chi connectivity index (χ1v) is 10.2. The smallest absolute Gasteiger partial charge is 0.317 e. The SMILES string of the molecule is CC(C)NC(=O)N(CCN(C)C)Cc1ccc(C(=O)Cc2cscc2N)nc1. The lowest BCUT2D eigenvalue weighted by molar-refractivity contribution is 0.0988. The number of hydrogen-bond donors (Lipinski definition) is 2. The first-order valence-electron chi connectivity index (χ1n) is 9.25. The number of nitrogens with two attached hydrogens (primary N) is 1. The molecule has 2 heterocycles. The zero-order chi connectivity index (χ0) is 20.7. The molecule has 0 saturated heterocycles. The number of aromatic nitrogens is 1. The van der Waals surface area contributed by atoms with E-state index in [1.54, 1.807) is 17.2 Å². The summed E-state index contributed by atoms with van der Waals surface area (Å²) in [5.41, 5.74) is 8.61. The van der Waals surface area contributed by atoms with Crippen molar-refractivity contribution in [2.75, 3.05) is 32.9 Å². The number of pyridine rings is 1. The Balaban J connectivity index is 2.03. The van der Waals surface area contributed by atoms with E-state index in [2.05, 4.69) is 10.3 Å². The second-order valence-corrected chi connectivity index (χ2v) is 8.08. The minimum Gasteiger partial charge on any atom is -0.398 e. The van der Waals surface area contributed by atoms with Gasteiger partial charge in [-0.15, -0.1) is 11.3 Å². The Morgan fingerprint density at radius 2 is 1.96 bits per heavy atom. The van der Waals surface area contributed by atoms with Crippen LogP contribution in [-0.4, -0.2) is 59.8 Å². The van der Waals surface area contributed by atoms with E-state index in [1.807, 2.05) is 49.7 Å². The maximum absolute atomic E-state index is 12.5. The van der Waals surface area contributed by atoms with Crippen LogP contribution in [0.15, 0.2) is 29.1 Å². The Kier molecular flexibility index (Phi) is 7.95. The van der Waals surface area contributed by atoms with Gasteiger partial charge in [-0.25, -0.2) is 4.79 Å². The zero-order valence-corrected chi connectivity index (χ0v) is 17.8. The van der Waals surface area contributed by atoms with E-state index in [1.165, 1.54) is 11.3 Å². The van der Waals surface area contributed by atoms with Crippen molar-refractivity contribution in [3.05, 3.63) is 45.9 Å². The molecule has 8 heteroatoms. The molecular weight excluding hydrogens is 374 g/mol. The number of carbonyl (C=O) groups is 2. The maximum Gasteiger partial charge on any atom is 0.317 e. The van der Waals surface area contributed by atoms with Gasteiger partial charge in [-0.3, -0.25) is 9.78 Å². The first kappa shape index (κ1) is 21.8. The van der Waals surface area contributed by atoms with Crippen LogP contribution >= 0.6 is 11.3 Å². The van der Waals surface area contributed by atoms with E-state index in [9.17, 15) is 9.59 Å². The molecule has 0 aliphatic heterocycles. The lowest BCUT2D eigenvalue weighted by Crippen LogP contribution is -2.45. The predicted octanol–water partition coefficient (Wildman–Crippen LogP) is 2.63. The number of amides is 2. The van der Waals surface area contributed by atoms with Gasteiger partial charge in [-0.2, -0.15) is 0 Å². The molecule has 2 rings (SSSR count). The number of likely N-dealkylation sites (N-methyl/N-ethyl adjacent to an activating group) is 1. The number of nitrogens with one attached hydrogen (secondary N) is 1. The summed E-state index contributed by atoms with van der Waals surface area (Å²) in [5, 5.41) is 6.64. The van der Waals surface area contributed by atoms with Crippen molar-refractivity contribution >= 4 is 28.8 Å². The molecule has 0 aliphatic carbocycles. The second-order valence-electron chi connectivity index (χ2n) is 7.33. The molecule has 152 valence electrons. The third-order valence-corrected chi connectivity index (χ3v) is 4.94. The zero-order valence-electron chi connectivity index (χ0n) is 16.9. The highest BCUT2D eigenvalue weighted by molar-refractivity contribution is 7.08. The maximum atomic E-state index is 12.5. The summed E-state index contributed by atoms with van der Waals surface area (Å²) in [5.74, 6) is -0.0707. The fourth-order valence-corrected chi connectivity index (χ4v) is 3.30. The van der Waals surface area contributed by atoms with E-state index in [-0.39, 0.29) is 24.3 Å². The Morgan fingerprint density at radius 3 is 2.50 bits per heavy atom. The van der Waals surface area contributed by atoms with Crippen molar-refractivity contribution in [2.24, 2.45) is 0 Å². The lowest BCUT2D eigenvalue weighted by Gasteiger charge is -2.25. The fourth-order valence-electron chi connectivity index (χ4n) is 2.56. The fraction of sp³-hybridized carbons (Fsp3) is 0.450. The normalized spacial score (nSPS) is 11.1. The lowest BCUT2D eigenvalue weighted by atomic mass is 10.1. The number of urea groups is 1. The third-order valence-electron chi connectivity index (χ3n) is 4.13. The summed E-state index contributed by atoms with van der Waals surface area (Å²) in [7, 11) is 3.95. The molecule has 28 heavy (non-hydrogen) atoms. The number of anilines is 1. The van der Waals surface area contributed by atoms with Crippen molar-refractivity contribution in [3.63, 3.8) is 0 Å². The molecule has 0 bridgehead atoms. The molecule has 0 atom stereocenters. The van der Waals surface area contributed by atoms with Gasteiger partial charge in [0, 0.05) is 49.4 Å². The summed E-state index contributed by atoms with van der Waals surface area (Å²) in [6, 6.07) is 3.52. The molecule has 2 aromatic heterocycles. The minimum absolute atomic E-state index is 0.0667. The summed E-state index contributed by atoms with van der Waals surface area (Å²) in [4.78, 5) is 33.0. The standard InChI is InChI=1S/C20H29N5O2S/c1-14(2)23-20(27)25(8-7-24(3)4)11-15-5-6-18(22-10-15)19(26)9-16-12-28-13-17(16)21/h5-6,10,12-14H,7-9,11,21H2,1-4H3,(H,23,27). The van der Waals surface area contributed by atoms with Gasteiger partial charge < -0.3 is 20.9 Å². The van der Waals surface area contributed by atoms with E-state index in [0.29, 0.717) is 24.5 Å². The van der Waals surface area contributed by atoms with Crippen molar-refractivity contribution in [3.8, 4) is 0 Å². The van der Waals surface area contributed by atoms with E-state index < -0.39 is 0 Å². The number of carbonyl (C=O) groups excluding carboxylic acids is 2. The van der Waals surface area contributed by atoms with Crippen LogP contribution in [0.1, 0.15) is 35.5 Å². The van der Waals surface area contributed by atoms with Gasteiger partial charge in [-0.05, 0) is 50.5 Å². The van der Waals surface area contributed by atoms with Gasteiger partial charge in [-0.1, -0.05) is 6.07 Å². The number of hydrogen-bond acceptors (Lipinski definition) is 6. The van der Waals surface area contributed by atoms with Crippen LogP contribution in [0.25, 0.3) is 0 Å². The molecule has 7 nitrogen and oxygen atoms in total. The third kappa shape index (κ3) is 6.61. The van der Waals surface area contributed by atoms with Gasteiger partial charge in [0.25, 0.3) is 0 Å². The molecule has 2 amide bonds. The molecule has 0 spiro atoms. The molecule has 0 saturated carbocycles. The van der Waals surface area contributed by atoms with E-state index >= 15 is 0 Å². The molecule has 3 N–H and O–H groups in total. The van der Waals surface area contributed by atoms with Crippen LogP contribution in [0, 0.1) is 0 Å². The number of thiophene rings is 1. The summed E-state index contributed by atoms with van der Waals surface area (Å²) in [6.07, 6.45) is 1.91. The summed E-state index contributed by atoms with van der Waals surface area (Å²) < 4.78 is 0. The minimum atomic E-state index is -0.107. The van der Waals surface area contributed by atoms with E-state index in [0.717, 1.165) is 17.7 Å². The Labute approximate surface area is 170 Å². The van der Waals surface area contributed by atoms with Crippen LogP contribution in [0.5, 0.6) is 0 Å². The second kappa shape index (κ2) is 10.2. The van der Waals surface area contributed by atoms with Gasteiger partial charge in [0.2, 0.25) is 0 Å². The highest BCUT2D eigenvalue weighted by Gasteiger charge is 2.16. The van der Waals surface area contributed by atoms with Crippen molar-refractivity contribution < 1.29 is 9.59 Å².